The molecule has 0 aromatic heterocycles. The summed E-state index contributed by atoms with van der Waals surface area (Å²) in [6, 6.07) is 13.1. The molecule has 2 rings (SSSR count). The molecule has 0 saturated carbocycles. The van der Waals surface area contributed by atoms with Gasteiger partial charge in [0.15, 0.2) is 0 Å². The molecule has 0 fully saturated rings. The van der Waals surface area contributed by atoms with Crippen molar-refractivity contribution in [3.05, 3.63) is 65.5 Å². The number of hydrogen-bond donors (Lipinski definition) is 3. The van der Waals surface area contributed by atoms with E-state index in [1.54, 1.807) is 47.9 Å². The first kappa shape index (κ1) is 13.0. The molecule has 3 N–H and O–H groups in total. The summed E-state index contributed by atoms with van der Waals surface area (Å²) in [5, 5.41) is 11.5. The van der Waals surface area contributed by atoms with Crippen molar-refractivity contribution in [2.24, 2.45) is 0 Å². The maximum absolute atomic E-state index is 13.4. The van der Waals surface area contributed by atoms with E-state index in [2.05, 4.69) is 5.32 Å². The standard InChI is InChI=1S/C14H13FN2O2/c15-12-3-1-2-4-13(12)16-9-10-5-7-11(8-6-10)14(18)17-19/h1-8,16,19H,9H2,(H,17,18). The summed E-state index contributed by atoms with van der Waals surface area (Å²) in [5.41, 5.74) is 3.25. The summed E-state index contributed by atoms with van der Waals surface area (Å²) in [5.74, 6) is -0.868. The van der Waals surface area contributed by atoms with Crippen molar-refractivity contribution in [1.82, 2.24) is 5.48 Å². The zero-order chi connectivity index (χ0) is 13.7. The second kappa shape index (κ2) is 5.97. The molecule has 0 heterocycles. The number of rotatable bonds is 4. The second-order valence-electron chi connectivity index (χ2n) is 3.97. The summed E-state index contributed by atoms with van der Waals surface area (Å²) >= 11 is 0. The van der Waals surface area contributed by atoms with Crippen molar-refractivity contribution in [2.45, 2.75) is 6.54 Å². The summed E-state index contributed by atoms with van der Waals surface area (Å²) in [6.07, 6.45) is 0. The average Bonchev–Trinajstić information content (AvgIpc) is 2.46. The lowest BCUT2D eigenvalue weighted by Gasteiger charge is -2.08. The molecular formula is C14H13FN2O2. The van der Waals surface area contributed by atoms with Crippen LogP contribution in [-0.4, -0.2) is 11.1 Å². The molecule has 0 aliphatic rings. The highest BCUT2D eigenvalue weighted by Gasteiger charge is 2.04. The Kier molecular flexibility index (Phi) is 4.10. The predicted octanol–water partition coefficient (Wildman–Crippen LogP) is 2.56. The van der Waals surface area contributed by atoms with Gasteiger partial charge in [-0.2, -0.15) is 0 Å². The van der Waals surface area contributed by atoms with Crippen LogP contribution in [0.1, 0.15) is 15.9 Å². The molecule has 2 aromatic rings. The number of halogens is 1. The van der Waals surface area contributed by atoms with Crippen LogP contribution in [0.2, 0.25) is 0 Å². The maximum Gasteiger partial charge on any atom is 0.274 e. The third-order valence-corrected chi connectivity index (χ3v) is 2.67. The van der Waals surface area contributed by atoms with Gasteiger partial charge in [-0.1, -0.05) is 24.3 Å². The molecule has 2 aromatic carbocycles. The lowest BCUT2D eigenvalue weighted by molar-refractivity contribution is 0.0706. The first-order valence-corrected chi connectivity index (χ1v) is 5.72. The van der Waals surface area contributed by atoms with Gasteiger partial charge in [0.2, 0.25) is 0 Å². The van der Waals surface area contributed by atoms with Gasteiger partial charge in [-0.25, -0.2) is 9.87 Å². The summed E-state index contributed by atoms with van der Waals surface area (Å²) in [6.45, 7) is 0.446. The van der Waals surface area contributed by atoms with E-state index in [0.717, 1.165) is 5.56 Å². The Morgan fingerprint density at radius 2 is 1.79 bits per heavy atom. The molecule has 0 radical (unpaired) electrons. The monoisotopic (exact) mass is 260 g/mol. The predicted molar refractivity (Wildman–Crippen MR) is 69.4 cm³/mol. The number of hydroxylamine groups is 1. The van der Waals surface area contributed by atoms with Crippen LogP contribution in [0.15, 0.2) is 48.5 Å². The molecule has 0 saturated heterocycles. The van der Waals surface area contributed by atoms with Gasteiger partial charge in [0.05, 0.1) is 5.69 Å². The van der Waals surface area contributed by atoms with E-state index >= 15 is 0 Å². The van der Waals surface area contributed by atoms with Crippen LogP contribution in [0.25, 0.3) is 0 Å². The molecule has 98 valence electrons. The van der Waals surface area contributed by atoms with E-state index in [-0.39, 0.29) is 5.82 Å². The molecule has 0 bridgehead atoms. The molecule has 0 aliphatic heterocycles. The SMILES string of the molecule is O=C(NO)c1ccc(CNc2ccccc2F)cc1. The minimum atomic E-state index is -0.561. The van der Waals surface area contributed by atoms with E-state index in [1.807, 2.05) is 0 Å². The number of carbonyl (C=O) groups is 1. The number of amides is 1. The van der Waals surface area contributed by atoms with Gasteiger partial charge >= 0.3 is 0 Å². The van der Waals surface area contributed by atoms with Crippen molar-refractivity contribution < 1.29 is 14.4 Å². The van der Waals surface area contributed by atoms with Gasteiger partial charge in [-0.3, -0.25) is 10.0 Å². The minimum Gasteiger partial charge on any atom is -0.379 e. The first-order valence-electron chi connectivity index (χ1n) is 5.72. The van der Waals surface area contributed by atoms with Crippen LogP contribution in [0.3, 0.4) is 0 Å². The van der Waals surface area contributed by atoms with Crippen molar-refractivity contribution in [1.29, 1.82) is 0 Å². The fourth-order valence-corrected chi connectivity index (χ4v) is 1.64. The molecule has 0 atom stereocenters. The molecule has 0 unspecified atom stereocenters. The molecule has 1 amide bonds. The third kappa shape index (κ3) is 3.29. The van der Waals surface area contributed by atoms with Crippen molar-refractivity contribution in [3.8, 4) is 0 Å². The molecule has 0 spiro atoms. The number of nitrogens with one attached hydrogen (secondary N) is 2. The quantitative estimate of drug-likeness (QED) is 0.585. The third-order valence-electron chi connectivity index (χ3n) is 2.67. The summed E-state index contributed by atoms with van der Waals surface area (Å²) in [7, 11) is 0. The van der Waals surface area contributed by atoms with Crippen LogP contribution in [-0.2, 0) is 6.54 Å². The van der Waals surface area contributed by atoms with Crippen LogP contribution >= 0.6 is 0 Å². The Bertz CT molecular complexity index is 570. The van der Waals surface area contributed by atoms with E-state index < -0.39 is 5.91 Å². The van der Waals surface area contributed by atoms with Gasteiger partial charge in [0.1, 0.15) is 5.82 Å². The van der Waals surface area contributed by atoms with Crippen molar-refractivity contribution >= 4 is 11.6 Å². The first-order chi connectivity index (χ1) is 9.20. The largest absolute Gasteiger partial charge is 0.379 e. The second-order valence-corrected chi connectivity index (χ2v) is 3.97. The Balaban J connectivity index is 2.01. The Labute approximate surface area is 109 Å². The van der Waals surface area contributed by atoms with Crippen LogP contribution < -0.4 is 10.8 Å². The fourth-order valence-electron chi connectivity index (χ4n) is 1.64. The van der Waals surface area contributed by atoms with E-state index in [0.29, 0.717) is 17.8 Å². The zero-order valence-corrected chi connectivity index (χ0v) is 10.1. The summed E-state index contributed by atoms with van der Waals surface area (Å²) in [4.78, 5) is 11.1. The maximum atomic E-state index is 13.4. The van der Waals surface area contributed by atoms with Crippen molar-refractivity contribution in [3.63, 3.8) is 0 Å². The van der Waals surface area contributed by atoms with Gasteiger partial charge < -0.3 is 5.32 Å². The number of carbonyl (C=O) groups excluding carboxylic acids is 1. The van der Waals surface area contributed by atoms with Crippen LogP contribution in [0.5, 0.6) is 0 Å². The highest BCUT2D eigenvalue weighted by molar-refractivity contribution is 5.93. The molecule has 5 heteroatoms. The average molecular weight is 260 g/mol. The lowest BCUT2D eigenvalue weighted by atomic mass is 10.1. The number of hydrogen-bond acceptors (Lipinski definition) is 3. The smallest absolute Gasteiger partial charge is 0.274 e. The van der Waals surface area contributed by atoms with E-state index in [9.17, 15) is 9.18 Å². The fraction of sp³-hybridized carbons (Fsp3) is 0.0714. The summed E-state index contributed by atoms with van der Waals surface area (Å²) < 4.78 is 13.4. The number of benzene rings is 2. The highest BCUT2D eigenvalue weighted by atomic mass is 19.1. The lowest BCUT2D eigenvalue weighted by Crippen LogP contribution is -2.18. The number of anilines is 1. The molecule has 0 aliphatic carbocycles. The molecular weight excluding hydrogens is 247 g/mol. The Morgan fingerprint density at radius 3 is 2.42 bits per heavy atom. The van der Waals surface area contributed by atoms with Crippen LogP contribution in [0.4, 0.5) is 10.1 Å². The highest BCUT2D eigenvalue weighted by Crippen LogP contribution is 2.14. The minimum absolute atomic E-state index is 0.307. The zero-order valence-electron chi connectivity index (χ0n) is 10.1. The Morgan fingerprint density at radius 1 is 1.11 bits per heavy atom. The van der Waals surface area contributed by atoms with E-state index in [4.69, 9.17) is 5.21 Å². The van der Waals surface area contributed by atoms with Gasteiger partial charge in [-0.15, -0.1) is 0 Å². The normalized spacial score (nSPS) is 10.0. The van der Waals surface area contributed by atoms with Gasteiger partial charge in [0, 0.05) is 12.1 Å². The van der Waals surface area contributed by atoms with Gasteiger partial charge in [-0.05, 0) is 29.8 Å². The Hall–Kier alpha value is -2.40. The molecule has 4 nitrogen and oxygen atoms in total. The van der Waals surface area contributed by atoms with Gasteiger partial charge in [0.25, 0.3) is 5.91 Å². The van der Waals surface area contributed by atoms with Crippen molar-refractivity contribution in [2.75, 3.05) is 5.32 Å². The number of para-hydroxylation sites is 1. The van der Waals surface area contributed by atoms with E-state index in [1.165, 1.54) is 6.07 Å². The van der Waals surface area contributed by atoms with Crippen LogP contribution in [0, 0.1) is 5.82 Å². The molecule has 19 heavy (non-hydrogen) atoms. The topological polar surface area (TPSA) is 61.4 Å².